The van der Waals surface area contributed by atoms with Crippen molar-refractivity contribution in [3.8, 4) is 17.3 Å². The van der Waals surface area contributed by atoms with E-state index in [0.717, 1.165) is 11.4 Å². The lowest BCUT2D eigenvalue weighted by Crippen LogP contribution is -2.16. The number of nitrogens with zero attached hydrogens (tertiary/aromatic N) is 6. The van der Waals surface area contributed by atoms with E-state index in [-0.39, 0.29) is 12.0 Å². The molecule has 1 N–H and O–H groups in total. The summed E-state index contributed by atoms with van der Waals surface area (Å²) in [5, 5.41) is 12.8. The average molecular weight is 482 g/mol. The zero-order valence-corrected chi connectivity index (χ0v) is 20.9. The fourth-order valence-electron chi connectivity index (χ4n) is 3.94. The molecular weight excluding hydrogens is 454 g/mol. The molecule has 2 aromatic carbocycles. The maximum Gasteiger partial charge on any atom is 0.256 e. The van der Waals surface area contributed by atoms with Crippen LogP contribution in [0.2, 0.25) is 0 Å². The third-order valence-electron chi connectivity index (χ3n) is 5.84. The van der Waals surface area contributed by atoms with Crippen LogP contribution < -0.4 is 10.1 Å². The van der Waals surface area contributed by atoms with E-state index in [1.807, 2.05) is 26.8 Å². The van der Waals surface area contributed by atoms with Gasteiger partial charge in [0.1, 0.15) is 17.9 Å². The number of aromatic nitrogens is 6. The van der Waals surface area contributed by atoms with Crippen molar-refractivity contribution in [1.82, 2.24) is 29.5 Å². The van der Waals surface area contributed by atoms with Crippen LogP contribution in [-0.4, -0.2) is 41.5 Å². The Kier molecular flexibility index (Phi) is 5.97. The SMILES string of the molecule is Cc1cc(NC(=O)c2ccc(OC(C)C)cc2)n(-c2ncnc3c2cnn3-c2ccc(C)c(C)c2)n1. The lowest BCUT2D eigenvalue weighted by atomic mass is 10.1. The summed E-state index contributed by atoms with van der Waals surface area (Å²) in [6, 6.07) is 15.0. The topological polar surface area (TPSA) is 99.7 Å². The number of amides is 1. The van der Waals surface area contributed by atoms with Gasteiger partial charge in [-0.3, -0.25) is 4.79 Å². The molecule has 9 nitrogen and oxygen atoms in total. The van der Waals surface area contributed by atoms with Gasteiger partial charge in [-0.1, -0.05) is 6.07 Å². The second-order valence-electron chi connectivity index (χ2n) is 8.99. The van der Waals surface area contributed by atoms with Crippen molar-refractivity contribution in [1.29, 1.82) is 0 Å². The van der Waals surface area contributed by atoms with E-state index in [2.05, 4.69) is 51.5 Å². The lowest BCUT2D eigenvalue weighted by Gasteiger charge is -2.11. The van der Waals surface area contributed by atoms with E-state index in [0.29, 0.717) is 34.0 Å². The fraction of sp³-hybridized carbons (Fsp3) is 0.222. The summed E-state index contributed by atoms with van der Waals surface area (Å²) in [5.74, 6) is 1.48. The second kappa shape index (κ2) is 9.26. The standard InChI is InChI=1S/C27H27N7O2/c1-16(2)36-22-10-7-20(8-11-22)27(35)31-24-13-19(5)32-34(24)26-23-14-30-33(25(23)28-15-29-26)21-9-6-17(3)18(4)12-21/h6-16H,1-5H3,(H,31,35). The minimum atomic E-state index is -0.261. The number of aryl methyl sites for hydroxylation is 3. The van der Waals surface area contributed by atoms with Crippen molar-refractivity contribution in [2.45, 2.75) is 40.7 Å². The highest BCUT2D eigenvalue weighted by Gasteiger charge is 2.18. The lowest BCUT2D eigenvalue weighted by molar-refractivity contribution is 0.102. The van der Waals surface area contributed by atoms with Gasteiger partial charge < -0.3 is 10.1 Å². The van der Waals surface area contributed by atoms with Gasteiger partial charge in [-0.2, -0.15) is 14.9 Å². The monoisotopic (exact) mass is 481 g/mol. The molecule has 0 radical (unpaired) electrons. The summed E-state index contributed by atoms with van der Waals surface area (Å²) in [6.07, 6.45) is 3.26. The number of carbonyl (C=O) groups excluding carboxylic acids is 1. The van der Waals surface area contributed by atoms with Crippen LogP contribution >= 0.6 is 0 Å². The summed E-state index contributed by atoms with van der Waals surface area (Å²) in [7, 11) is 0. The van der Waals surface area contributed by atoms with E-state index in [4.69, 9.17) is 4.74 Å². The van der Waals surface area contributed by atoms with E-state index in [1.54, 1.807) is 45.9 Å². The molecule has 0 bridgehead atoms. The van der Waals surface area contributed by atoms with Gasteiger partial charge in [0, 0.05) is 11.6 Å². The fourth-order valence-corrected chi connectivity index (χ4v) is 3.94. The van der Waals surface area contributed by atoms with Crippen molar-refractivity contribution in [3.63, 3.8) is 0 Å². The van der Waals surface area contributed by atoms with Crippen molar-refractivity contribution < 1.29 is 9.53 Å². The number of ether oxygens (including phenoxy) is 1. The maximum absolute atomic E-state index is 13.0. The molecule has 0 fully saturated rings. The minimum Gasteiger partial charge on any atom is -0.491 e. The Labute approximate surface area is 208 Å². The molecule has 0 aliphatic rings. The van der Waals surface area contributed by atoms with Crippen LogP contribution in [0.3, 0.4) is 0 Å². The van der Waals surface area contributed by atoms with Crippen LogP contribution in [-0.2, 0) is 0 Å². The largest absolute Gasteiger partial charge is 0.491 e. The average Bonchev–Trinajstić information content (AvgIpc) is 3.44. The van der Waals surface area contributed by atoms with Gasteiger partial charge >= 0.3 is 0 Å². The summed E-state index contributed by atoms with van der Waals surface area (Å²) in [4.78, 5) is 22.0. The quantitative estimate of drug-likeness (QED) is 0.368. The van der Waals surface area contributed by atoms with Gasteiger partial charge in [-0.15, -0.1) is 0 Å². The first-order chi connectivity index (χ1) is 17.3. The zero-order valence-electron chi connectivity index (χ0n) is 20.9. The first-order valence-corrected chi connectivity index (χ1v) is 11.7. The van der Waals surface area contributed by atoms with Crippen LogP contribution in [0.1, 0.15) is 41.0 Å². The predicted molar refractivity (Wildman–Crippen MR) is 138 cm³/mol. The molecule has 3 heterocycles. The molecule has 5 rings (SSSR count). The van der Waals surface area contributed by atoms with Crippen LogP contribution in [0, 0.1) is 20.8 Å². The van der Waals surface area contributed by atoms with Crippen LogP contribution in [0.15, 0.2) is 61.1 Å². The molecule has 0 atom stereocenters. The normalized spacial score (nSPS) is 11.3. The number of rotatable bonds is 6. The van der Waals surface area contributed by atoms with Crippen LogP contribution in [0.25, 0.3) is 22.5 Å². The molecule has 0 aliphatic carbocycles. The van der Waals surface area contributed by atoms with E-state index in [9.17, 15) is 4.79 Å². The summed E-state index contributed by atoms with van der Waals surface area (Å²) >= 11 is 0. The molecule has 0 aliphatic heterocycles. The Morgan fingerprint density at radius 2 is 1.72 bits per heavy atom. The molecular formula is C27H27N7O2. The van der Waals surface area contributed by atoms with Gasteiger partial charge in [0.15, 0.2) is 11.5 Å². The highest BCUT2D eigenvalue weighted by Crippen LogP contribution is 2.25. The molecule has 0 saturated heterocycles. The first kappa shape index (κ1) is 23.2. The molecule has 3 aromatic heterocycles. The van der Waals surface area contributed by atoms with Crippen LogP contribution in [0.4, 0.5) is 5.82 Å². The van der Waals surface area contributed by atoms with Crippen molar-refractivity contribution in [3.05, 3.63) is 83.4 Å². The maximum atomic E-state index is 13.0. The zero-order chi connectivity index (χ0) is 25.4. The van der Waals surface area contributed by atoms with Gasteiger partial charge in [-0.05, 0) is 82.1 Å². The Morgan fingerprint density at radius 1 is 0.944 bits per heavy atom. The van der Waals surface area contributed by atoms with Crippen molar-refractivity contribution >= 4 is 22.8 Å². The minimum absolute atomic E-state index is 0.0612. The molecule has 9 heteroatoms. The van der Waals surface area contributed by atoms with Gasteiger partial charge in [0.2, 0.25) is 0 Å². The molecule has 182 valence electrons. The second-order valence-corrected chi connectivity index (χ2v) is 8.99. The van der Waals surface area contributed by atoms with Crippen LogP contribution in [0.5, 0.6) is 5.75 Å². The number of hydrogen-bond acceptors (Lipinski definition) is 6. The number of nitrogens with one attached hydrogen (secondary N) is 1. The summed E-state index contributed by atoms with van der Waals surface area (Å²) < 4.78 is 9.06. The third kappa shape index (κ3) is 4.43. The molecule has 0 unspecified atom stereocenters. The van der Waals surface area contributed by atoms with E-state index < -0.39 is 0 Å². The van der Waals surface area contributed by atoms with Gasteiger partial charge in [-0.25, -0.2) is 14.6 Å². The van der Waals surface area contributed by atoms with Gasteiger partial charge in [0.05, 0.1) is 29.1 Å². The van der Waals surface area contributed by atoms with E-state index >= 15 is 0 Å². The highest BCUT2D eigenvalue weighted by atomic mass is 16.5. The number of benzene rings is 2. The molecule has 0 saturated carbocycles. The van der Waals surface area contributed by atoms with Gasteiger partial charge in [0.25, 0.3) is 5.91 Å². The molecule has 0 spiro atoms. The third-order valence-corrected chi connectivity index (χ3v) is 5.84. The molecule has 1 amide bonds. The Balaban J connectivity index is 1.48. The number of anilines is 1. The summed E-state index contributed by atoms with van der Waals surface area (Å²) in [5.41, 5.74) is 5.18. The number of hydrogen-bond donors (Lipinski definition) is 1. The van der Waals surface area contributed by atoms with E-state index in [1.165, 1.54) is 17.5 Å². The van der Waals surface area contributed by atoms with Crippen molar-refractivity contribution in [2.75, 3.05) is 5.32 Å². The summed E-state index contributed by atoms with van der Waals surface area (Å²) in [6.45, 7) is 9.92. The number of carbonyl (C=O) groups is 1. The Bertz CT molecular complexity index is 1570. The first-order valence-electron chi connectivity index (χ1n) is 11.7. The molecule has 36 heavy (non-hydrogen) atoms. The highest BCUT2D eigenvalue weighted by molar-refractivity contribution is 6.04. The molecule has 5 aromatic rings. The number of fused-ring (bicyclic) bond motifs is 1. The smallest absolute Gasteiger partial charge is 0.256 e. The van der Waals surface area contributed by atoms with Crippen molar-refractivity contribution in [2.24, 2.45) is 0 Å². The Morgan fingerprint density at radius 3 is 2.44 bits per heavy atom. The predicted octanol–water partition coefficient (Wildman–Crippen LogP) is 4.97. The Hall–Kier alpha value is -4.53.